The number of anilines is 1. The first-order chi connectivity index (χ1) is 12.8. The van der Waals surface area contributed by atoms with Gasteiger partial charge in [0.25, 0.3) is 0 Å². The van der Waals surface area contributed by atoms with Gasteiger partial charge in [-0.05, 0) is 24.3 Å². The summed E-state index contributed by atoms with van der Waals surface area (Å²) in [6.45, 7) is 1.07. The van der Waals surface area contributed by atoms with E-state index in [1.807, 2.05) is 65.7 Å². The van der Waals surface area contributed by atoms with E-state index in [1.165, 1.54) is 12.1 Å². The second-order valence-electron chi connectivity index (χ2n) is 5.77. The molecular weight excluding hydrogens is 327 g/mol. The maximum atomic E-state index is 13.3. The molecule has 0 fully saturated rings. The van der Waals surface area contributed by atoms with Crippen LogP contribution < -0.4 is 5.01 Å². The quantitative estimate of drug-likeness (QED) is 0.455. The number of ether oxygens (including phenoxy) is 1. The van der Waals surface area contributed by atoms with E-state index in [1.54, 1.807) is 19.2 Å². The summed E-state index contributed by atoms with van der Waals surface area (Å²) in [7, 11) is 1.65. The molecule has 0 amide bonds. The number of methoxy groups -OCH3 is 1. The monoisotopic (exact) mass is 348 g/mol. The Labute approximate surface area is 153 Å². The van der Waals surface area contributed by atoms with Gasteiger partial charge in [0.1, 0.15) is 5.82 Å². The summed E-state index contributed by atoms with van der Waals surface area (Å²) in [5.74, 6) is -0.268. The van der Waals surface area contributed by atoms with Crippen LogP contribution in [0.2, 0.25) is 0 Å². The zero-order valence-electron chi connectivity index (χ0n) is 14.7. The summed E-state index contributed by atoms with van der Waals surface area (Å²) in [4.78, 5) is 0. The van der Waals surface area contributed by atoms with E-state index in [2.05, 4.69) is 0 Å². The normalized spacial score (nSPS) is 10.4. The molecule has 0 N–H and O–H groups in total. The summed E-state index contributed by atoms with van der Waals surface area (Å²) in [6.07, 6.45) is 0. The summed E-state index contributed by atoms with van der Waals surface area (Å²) >= 11 is 0. The molecule has 0 aliphatic rings. The second kappa shape index (κ2) is 8.92. The fraction of sp³-hybridized carbons (Fsp3) is 0.136. The highest BCUT2D eigenvalue weighted by Gasteiger charge is 2.11. The standard InChI is InChI=1S/C22H21FN2O/c1-26-17-16-25(21-14-12-20(23)13-15-21)24-22(18-8-4-2-5-9-18)19-10-6-3-7-11-19/h2-15H,16-17H2,1H3. The minimum Gasteiger partial charge on any atom is -0.383 e. The molecule has 3 aromatic carbocycles. The van der Waals surface area contributed by atoms with Crippen LogP contribution >= 0.6 is 0 Å². The summed E-state index contributed by atoms with van der Waals surface area (Å²) < 4.78 is 18.5. The lowest BCUT2D eigenvalue weighted by Gasteiger charge is -2.21. The molecule has 0 aliphatic heterocycles. The number of hydrogen-bond donors (Lipinski definition) is 0. The van der Waals surface area contributed by atoms with Crippen LogP contribution in [-0.4, -0.2) is 26.0 Å². The van der Waals surface area contributed by atoms with Gasteiger partial charge in [-0.25, -0.2) is 4.39 Å². The van der Waals surface area contributed by atoms with Crippen LogP contribution in [-0.2, 0) is 4.74 Å². The first kappa shape index (κ1) is 17.8. The van der Waals surface area contributed by atoms with Gasteiger partial charge in [-0.15, -0.1) is 0 Å². The molecule has 0 bridgehead atoms. The molecule has 3 nitrogen and oxygen atoms in total. The van der Waals surface area contributed by atoms with Gasteiger partial charge in [-0.3, -0.25) is 5.01 Å². The molecule has 0 unspecified atom stereocenters. The third kappa shape index (κ3) is 4.55. The van der Waals surface area contributed by atoms with Crippen molar-refractivity contribution >= 4 is 11.4 Å². The zero-order chi connectivity index (χ0) is 18.2. The first-order valence-corrected chi connectivity index (χ1v) is 8.49. The lowest BCUT2D eigenvalue weighted by atomic mass is 10.0. The number of hydrogen-bond acceptors (Lipinski definition) is 3. The lowest BCUT2D eigenvalue weighted by Crippen LogP contribution is -2.24. The average Bonchev–Trinajstić information content (AvgIpc) is 2.70. The van der Waals surface area contributed by atoms with Crippen LogP contribution in [0.1, 0.15) is 11.1 Å². The number of benzene rings is 3. The van der Waals surface area contributed by atoms with Gasteiger partial charge in [-0.1, -0.05) is 60.7 Å². The maximum absolute atomic E-state index is 13.3. The summed E-state index contributed by atoms with van der Waals surface area (Å²) in [5.41, 5.74) is 3.70. The van der Waals surface area contributed by atoms with Gasteiger partial charge in [-0.2, -0.15) is 5.10 Å². The predicted octanol–water partition coefficient (Wildman–Crippen LogP) is 4.73. The maximum Gasteiger partial charge on any atom is 0.123 e. The molecule has 0 atom stereocenters. The van der Waals surface area contributed by atoms with Crippen molar-refractivity contribution in [3.8, 4) is 0 Å². The SMILES string of the molecule is COCCN(N=C(c1ccccc1)c1ccccc1)c1ccc(F)cc1. The molecule has 3 rings (SSSR count). The Balaban J connectivity index is 2.06. The molecule has 4 heteroatoms. The minimum absolute atomic E-state index is 0.268. The Bertz CT molecular complexity index is 792. The molecule has 0 aliphatic carbocycles. The van der Waals surface area contributed by atoms with Crippen molar-refractivity contribution in [1.82, 2.24) is 0 Å². The minimum atomic E-state index is -0.268. The molecule has 0 saturated heterocycles. The predicted molar refractivity (Wildman–Crippen MR) is 104 cm³/mol. The van der Waals surface area contributed by atoms with Gasteiger partial charge < -0.3 is 4.74 Å². The number of nitrogens with zero attached hydrogens (tertiary/aromatic N) is 2. The van der Waals surface area contributed by atoms with Gasteiger partial charge in [0.15, 0.2) is 0 Å². The van der Waals surface area contributed by atoms with E-state index in [0.717, 1.165) is 22.5 Å². The zero-order valence-corrected chi connectivity index (χ0v) is 14.7. The molecule has 0 aromatic heterocycles. The Morgan fingerprint density at radius 2 is 1.38 bits per heavy atom. The highest BCUT2D eigenvalue weighted by atomic mass is 19.1. The summed E-state index contributed by atoms with van der Waals surface area (Å²) in [6, 6.07) is 26.4. The fourth-order valence-electron chi connectivity index (χ4n) is 2.62. The van der Waals surface area contributed by atoms with E-state index in [0.29, 0.717) is 13.2 Å². The molecule has 26 heavy (non-hydrogen) atoms. The van der Waals surface area contributed by atoms with Crippen molar-refractivity contribution < 1.29 is 9.13 Å². The Morgan fingerprint density at radius 3 is 1.88 bits per heavy atom. The van der Waals surface area contributed by atoms with Crippen LogP contribution in [0, 0.1) is 5.82 Å². The summed E-state index contributed by atoms with van der Waals surface area (Å²) in [5, 5.41) is 6.75. The van der Waals surface area contributed by atoms with E-state index in [9.17, 15) is 4.39 Å². The Kier molecular flexibility index (Phi) is 6.12. The molecule has 132 valence electrons. The lowest BCUT2D eigenvalue weighted by molar-refractivity contribution is 0.205. The van der Waals surface area contributed by atoms with Crippen molar-refractivity contribution in [2.45, 2.75) is 0 Å². The van der Waals surface area contributed by atoms with Crippen LogP contribution in [0.5, 0.6) is 0 Å². The van der Waals surface area contributed by atoms with Gasteiger partial charge in [0, 0.05) is 18.2 Å². The van der Waals surface area contributed by atoms with E-state index < -0.39 is 0 Å². The van der Waals surface area contributed by atoms with E-state index in [4.69, 9.17) is 9.84 Å². The van der Waals surface area contributed by atoms with Crippen LogP contribution in [0.25, 0.3) is 0 Å². The van der Waals surface area contributed by atoms with Gasteiger partial charge >= 0.3 is 0 Å². The number of hydrazone groups is 1. The van der Waals surface area contributed by atoms with Crippen molar-refractivity contribution in [2.24, 2.45) is 5.10 Å². The average molecular weight is 348 g/mol. The molecule has 0 heterocycles. The smallest absolute Gasteiger partial charge is 0.123 e. The van der Waals surface area contributed by atoms with Gasteiger partial charge in [0.2, 0.25) is 0 Å². The van der Waals surface area contributed by atoms with E-state index >= 15 is 0 Å². The highest BCUT2D eigenvalue weighted by Crippen LogP contribution is 2.18. The van der Waals surface area contributed by atoms with Crippen LogP contribution in [0.4, 0.5) is 10.1 Å². The van der Waals surface area contributed by atoms with Crippen molar-refractivity contribution in [1.29, 1.82) is 0 Å². The third-order valence-corrected chi connectivity index (χ3v) is 3.95. The van der Waals surface area contributed by atoms with Gasteiger partial charge in [0.05, 0.1) is 24.6 Å². The van der Waals surface area contributed by atoms with E-state index in [-0.39, 0.29) is 5.82 Å². The molecule has 0 spiro atoms. The topological polar surface area (TPSA) is 24.8 Å². The number of halogens is 1. The molecule has 3 aromatic rings. The fourth-order valence-corrected chi connectivity index (χ4v) is 2.62. The largest absolute Gasteiger partial charge is 0.383 e. The van der Waals surface area contributed by atoms with Crippen molar-refractivity contribution in [3.05, 3.63) is 102 Å². The van der Waals surface area contributed by atoms with Crippen LogP contribution in [0.3, 0.4) is 0 Å². The Hall–Kier alpha value is -2.98. The molecule has 0 radical (unpaired) electrons. The Morgan fingerprint density at radius 1 is 0.846 bits per heavy atom. The van der Waals surface area contributed by atoms with Crippen molar-refractivity contribution in [3.63, 3.8) is 0 Å². The first-order valence-electron chi connectivity index (χ1n) is 8.49. The van der Waals surface area contributed by atoms with Crippen molar-refractivity contribution in [2.75, 3.05) is 25.3 Å². The second-order valence-corrected chi connectivity index (χ2v) is 5.77. The highest BCUT2D eigenvalue weighted by molar-refractivity contribution is 6.13. The third-order valence-electron chi connectivity index (χ3n) is 3.95. The van der Waals surface area contributed by atoms with Crippen LogP contribution in [0.15, 0.2) is 90.0 Å². The number of rotatable bonds is 7. The molecular formula is C22H21FN2O. The molecule has 0 saturated carbocycles.